The summed E-state index contributed by atoms with van der Waals surface area (Å²) in [5.41, 5.74) is 1.10. The summed E-state index contributed by atoms with van der Waals surface area (Å²) >= 11 is 5.82. The Balaban J connectivity index is 1.85. The number of halogens is 1. The van der Waals surface area contributed by atoms with Gasteiger partial charge >= 0.3 is 5.76 Å². The Bertz CT molecular complexity index is 1250. The lowest BCUT2D eigenvalue weighted by Gasteiger charge is -2.08. The molecule has 8 heteroatoms. The molecule has 0 bridgehead atoms. The second-order valence-electron chi connectivity index (χ2n) is 6.06. The van der Waals surface area contributed by atoms with Gasteiger partial charge in [-0.2, -0.15) is 0 Å². The summed E-state index contributed by atoms with van der Waals surface area (Å²) in [4.78, 5) is 12.1. The summed E-state index contributed by atoms with van der Waals surface area (Å²) in [5, 5.41) is 0.504. The number of benzene rings is 2. The number of allylic oxidation sites excluding steroid dienone is 6. The Morgan fingerprint density at radius 2 is 1.79 bits per heavy atom. The largest absolute Gasteiger partial charge is 0.420 e. The Hall–Kier alpha value is -3.03. The summed E-state index contributed by atoms with van der Waals surface area (Å²) in [5.74, 6) is -0.553. The van der Waals surface area contributed by atoms with Crippen LogP contribution in [0.4, 0.5) is 5.69 Å². The van der Waals surface area contributed by atoms with Crippen molar-refractivity contribution in [2.45, 2.75) is 18.4 Å². The third kappa shape index (κ3) is 5.07. The number of nitrogens with zero attached hydrogens (tertiary/aromatic N) is 1. The van der Waals surface area contributed by atoms with Crippen molar-refractivity contribution in [1.29, 1.82) is 0 Å². The average molecular weight is 431 g/mol. The quantitative estimate of drug-likeness (QED) is 0.549. The molecular formula is C21H19ClN2O4S. The van der Waals surface area contributed by atoms with Crippen LogP contribution >= 0.6 is 11.6 Å². The van der Waals surface area contributed by atoms with E-state index in [2.05, 4.69) is 4.72 Å². The second kappa shape index (κ2) is 8.98. The summed E-state index contributed by atoms with van der Waals surface area (Å²) < 4.78 is 34.4. The highest BCUT2D eigenvalue weighted by molar-refractivity contribution is 7.92. The maximum atomic E-state index is 12.6. The molecule has 0 fully saturated rings. The Kier molecular flexibility index (Phi) is 6.41. The minimum Gasteiger partial charge on any atom is -0.408 e. The van der Waals surface area contributed by atoms with Crippen molar-refractivity contribution in [1.82, 2.24) is 4.57 Å². The number of aromatic nitrogens is 1. The summed E-state index contributed by atoms with van der Waals surface area (Å²) in [6.45, 7) is 2.23. The lowest BCUT2D eigenvalue weighted by Crippen LogP contribution is -2.13. The topological polar surface area (TPSA) is 81.3 Å². The van der Waals surface area contributed by atoms with Gasteiger partial charge in [-0.1, -0.05) is 48.1 Å². The number of fused-ring (bicyclic) bond motifs is 1. The van der Waals surface area contributed by atoms with Crippen molar-refractivity contribution >= 4 is 38.4 Å². The van der Waals surface area contributed by atoms with Crippen LogP contribution in [0.25, 0.3) is 11.1 Å². The van der Waals surface area contributed by atoms with E-state index in [4.69, 9.17) is 16.0 Å². The first-order chi connectivity index (χ1) is 13.9. The van der Waals surface area contributed by atoms with Gasteiger partial charge in [-0.25, -0.2) is 13.2 Å². The zero-order valence-electron chi connectivity index (χ0n) is 15.6. The summed E-state index contributed by atoms with van der Waals surface area (Å²) in [6.07, 6.45) is 11.1. The molecule has 0 amide bonds. The van der Waals surface area contributed by atoms with Gasteiger partial charge in [-0.05, 0) is 43.3 Å². The van der Waals surface area contributed by atoms with Crippen molar-refractivity contribution < 1.29 is 12.8 Å². The van der Waals surface area contributed by atoms with Crippen molar-refractivity contribution in [3.05, 3.63) is 94.5 Å². The van der Waals surface area contributed by atoms with E-state index in [9.17, 15) is 13.2 Å². The molecule has 0 saturated carbocycles. The SMILES string of the molecule is C\C=C/C=C\C=C\Cn1c(=O)oc2cc(S(=O)(=O)Nc3ccc(Cl)cc3)ccc21. The molecular weight excluding hydrogens is 412 g/mol. The Morgan fingerprint density at radius 3 is 2.52 bits per heavy atom. The molecule has 1 N–H and O–H groups in total. The molecule has 0 atom stereocenters. The van der Waals surface area contributed by atoms with E-state index in [1.807, 2.05) is 43.4 Å². The van der Waals surface area contributed by atoms with Gasteiger partial charge in [0.15, 0.2) is 5.58 Å². The Labute approximate surface area is 173 Å². The van der Waals surface area contributed by atoms with Gasteiger partial charge in [0.1, 0.15) is 0 Å². The van der Waals surface area contributed by atoms with Gasteiger partial charge in [0.25, 0.3) is 10.0 Å². The van der Waals surface area contributed by atoms with Gasteiger partial charge in [-0.3, -0.25) is 9.29 Å². The van der Waals surface area contributed by atoms with Crippen LogP contribution in [0.3, 0.4) is 0 Å². The van der Waals surface area contributed by atoms with Crippen molar-refractivity contribution in [3.63, 3.8) is 0 Å². The zero-order chi connectivity index (χ0) is 20.9. The average Bonchev–Trinajstić information content (AvgIpc) is 3.00. The van der Waals surface area contributed by atoms with Gasteiger partial charge in [0.2, 0.25) is 0 Å². The normalized spacial score (nSPS) is 12.6. The van der Waals surface area contributed by atoms with Gasteiger partial charge in [0.05, 0.1) is 10.4 Å². The van der Waals surface area contributed by atoms with Crippen LogP contribution in [-0.2, 0) is 16.6 Å². The first-order valence-corrected chi connectivity index (χ1v) is 10.6. The smallest absolute Gasteiger partial charge is 0.408 e. The van der Waals surface area contributed by atoms with Gasteiger partial charge in [0, 0.05) is 23.3 Å². The molecule has 2 aromatic carbocycles. The molecule has 1 heterocycles. The second-order valence-corrected chi connectivity index (χ2v) is 8.18. The van der Waals surface area contributed by atoms with E-state index >= 15 is 0 Å². The first kappa shape index (κ1) is 20.7. The monoisotopic (exact) mass is 430 g/mol. The van der Waals surface area contributed by atoms with Crippen molar-refractivity contribution in [2.24, 2.45) is 0 Å². The highest BCUT2D eigenvalue weighted by Gasteiger charge is 2.17. The van der Waals surface area contributed by atoms with E-state index in [0.29, 0.717) is 22.8 Å². The molecule has 3 aromatic rings. The van der Waals surface area contributed by atoms with E-state index in [1.165, 1.54) is 16.7 Å². The van der Waals surface area contributed by atoms with E-state index < -0.39 is 15.8 Å². The molecule has 0 saturated heterocycles. The highest BCUT2D eigenvalue weighted by atomic mass is 35.5. The fourth-order valence-corrected chi connectivity index (χ4v) is 3.80. The number of anilines is 1. The third-order valence-electron chi connectivity index (χ3n) is 4.00. The molecule has 150 valence electrons. The third-order valence-corrected chi connectivity index (χ3v) is 5.63. The number of rotatable bonds is 7. The summed E-state index contributed by atoms with van der Waals surface area (Å²) in [6, 6.07) is 10.6. The van der Waals surface area contributed by atoms with Gasteiger partial charge < -0.3 is 4.42 Å². The van der Waals surface area contributed by atoms with E-state index in [1.54, 1.807) is 30.3 Å². The lowest BCUT2D eigenvalue weighted by atomic mass is 10.3. The molecule has 0 aliphatic rings. The first-order valence-electron chi connectivity index (χ1n) is 8.77. The molecule has 1 aromatic heterocycles. The predicted octanol–water partition coefficient (Wildman–Crippen LogP) is 4.74. The molecule has 0 aliphatic carbocycles. The highest BCUT2D eigenvalue weighted by Crippen LogP contribution is 2.22. The van der Waals surface area contributed by atoms with Crippen LogP contribution < -0.4 is 10.5 Å². The number of nitrogens with one attached hydrogen (secondary N) is 1. The fraction of sp³-hybridized carbons (Fsp3) is 0.0952. The van der Waals surface area contributed by atoms with Crippen LogP contribution in [-0.4, -0.2) is 13.0 Å². The minimum absolute atomic E-state index is 0.00863. The molecule has 0 radical (unpaired) electrons. The molecule has 0 aliphatic heterocycles. The van der Waals surface area contributed by atoms with Crippen LogP contribution in [0.1, 0.15) is 6.92 Å². The van der Waals surface area contributed by atoms with Crippen LogP contribution in [0.2, 0.25) is 5.02 Å². The number of sulfonamides is 1. The maximum Gasteiger partial charge on any atom is 0.420 e. The van der Waals surface area contributed by atoms with Crippen molar-refractivity contribution in [3.8, 4) is 0 Å². The van der Waals surface area contributed by atoms with Gasteiger partial charge in [-0.15, -0.1) is 0 Å². The fourth-order valence-electron chi connectivity index (χ4n) is 2.60. The number of hydrogen-bond donors (Lipinski definition) is 1. The summed E-state index contributed by atoms with van der Waals surface area (Å²) in [7, 11) is -3.84. The molecule has 0 spiro atoms. The lowest BCUT2D eigenvalue weighted by molar-refractivity contribution is 0.519. The predicted molar refractivity (Wildman–Crippen MR) is 116 cm³/mol. The zero-order valence-corrected chi connectivity index (χ0v) is 17.2. The molecule has 0 unspecified atom stereocenters. The molecule has 3 rings (SSSR count). The van der Waals surface area contributed by atoms with Crippen molar-refractivity contribution in [2.75, 3.05) is 4.72 Å². The van der Waals surface area contributed by atoms with Crippen LogP contribution in [0.15, 0.2) is 93.0 Å². The maximum absolute atomic E-state index is 12.6. The minimum atomic E-state index is -3.84. The van der Waals surface area contributed by atoms with E-state index in [-0.39, 0.29) is 10.5 Å². The number of oxazole rings is 1. The molecule has 29 heavy (non-hydrogen) atoms. The van der Waals surface area contributed by atoms with E-state index in [0.717, 1.165) is 0 Å². The standard InChI is InChI=1S/C21H19ClN2O4S/c1-2-3-4-5-6-7-14-24-19-13-12-18(15-20(19)28-21(24)25)29(26,27)23-17-10-8-16(22)9-11-17/h2-13,15,23H,14H2,1H3/b3-2-,5-4-,7-6+. The molecule has 6 nitrogen and oxygen atoms in total. The number of hydrogen-bond acceptors (Lipinski definition) is 4. The Morgan fingerprint density at radius 1 is 1.07 bits per heavy atom. The van der Waals surface area contributed by atoms with Crippen LogP contribution in [0, 0.1) is 0 Å². The van der Waals surface area contributed by atoms with Crippen LogP contribution in [0.5, 0.6) is 0 Å².